The first-order valence-electron chi connectivity index (χ1n) is 6.28. The maximum absolute atomic E-state index is 11.1. The van der Waals surface area contributed by atoms with Gasteiger partial charge in [0.2, 0.25) is 0 Å². The Hall–Kier alpha value is -1.75. The minimum Gasteiger partial charge on any atom is -0.408 e. The highest BCUT2D eigenvalue weighted by Gasteiger charge is 2.12. The van der Waals surface area contributed by atoms with E-state index in [0.717, 1.165) is 5.56 Å². The monoisotopic (exact) mass is 323 g/mol. The lowest BCUT2D eigenvalue weighted by Gasteiger charge is -2.11. The molecular formula is C15H11Cl2NO3. The molecule has 0 radical (unpaired) electrons. The molecule has 0 aliphatic rings. The number of hydrogen-bond acceptors (Lipinski definition) is 3. The molecule has 0 aliphatic heterocycles. The average Bonchev–Trinajstić information content (AvgIpc) is 2.82. The highest BCUT2D eigenvalue weighted by molar-refractivity contribution is 6.42. The number of aliphatic hydroxyl groups is 1. The number of halogens is 2. The summed E-state index contributed by atoms with van der Waals surface area (Å²) < 4.78 is 4.98. The molecule has 2 N–H and O–H groups in total. The molecule has 108 valence electrons. The Balaban J connectivity index is 1.87. The van der Waals surface area contributed by atoms with Gasteiger partial charge in [-0.3, -0.25) is 4.98 Å². The van der Waals surface area contributed by atoms with E-state index in [2.05, 4.69) is 4.98 Å². The van der Waals surface area contributed by atoms with Crippen molar-refractivity contribution < 1.29 is 9.52 Å². The van der Waals surface area contributed by atoms with Crippen molar-refractivity contribution in [1.82, 2.24) is 4.98 Å². The van der Waals surface area contributed by atoms with Crippen molar-refractivity contribution in [2.75, 3.05) is 0 Å². The van der Waals surface area contributed by atoms with Gasteiger partial charge in [0.05, 0.1) is 21.7 Å². The number of hydrogen-bond donors (Lipinski definition) is 2. The first kappa shape index (κ1) is 14.2. The summed E-state index contributed by atoms with van der Waals surface area (Å²) in [5.74, 6) is -0.513. The Labute approximate surface area is 129 Å². The number of aromatic nitrogens is 1. The topological polar surface area (TPSA) is 66.2 Å². The molecule has 4 nitrogen and oxygen atoms in total. The van der Waals surface area contributed by atoms with E-state index in [1.165, 1.54) is 0 Å². The van der Waals surface area contributed by atoms with Crippen LogP contribution in [0.25, 0.3) is 11.1 Å². The number of H-pyrrole nitrogens is 1. The molecule has 0 saturated heterocycles. The van der Waals surface area contributed by atoms with Crippen LogP contribution in [0, 0.1) is 0 Å². The van der Waals surface area contributed by atoms with Crippen LogP contribution in [-0.4, -0.2) is 10.1 Å². The molecule has 6 heteroatoms. The van der Waals surface area contributed by atoms with Crippen molar-refractivity contribution in [3.8, 4) is 0 Å². The maximum Gasteiger partial charge on any atom is 0.417 e. The predicted octanol–water partition coefficient (Wildman–Crippen LogP) is 3.70. The van der Waals surface area contributed by atoms with Crippen LogP contribution in [0.3, 0.4) is 0 Å². The third-order valence-electron chi connectivity index (χ3n) is 3.24. The maximum atomic E-state index is 11.1. The molecule has 1 aromatic heterocycles. The van der Waals surface area contributed by atoms with Gasteiger partial charge in [0.1, 0.15) is 0 Å². The third kappa shape index (κ3) is 2.97. The lowest BCUT2D eigenvalue weighted by atomic mass is 10.0. The highest BCUT2D eigenvalue weighted by Crippen LogP contribution is 2.26. The van der Waals surface area contributed by atoms with Crippen LogP contribution in [0.5, 0.6) is 0 Å². The van der Waals surface area contributed by atoms with Gasteiger partial charge >= 0.3 is 5.76 Å². The van der Waals surface area contributed by atoms with Gasteiger partial charge in [0, 0.05) is 6.42 Å². The van der Waals surface area contributed by atoms with Crippen molar-refractivity contribution in [3.63, 3.8) is 0 Å². The standard InChI is InChI=1S/C15H11Cl2NO3/c16-10-3-1-8(5-11(10)17)6-13(19)9-2-4-12-14(7-9)21-15(20)18-12/h1-5,7,13,19H,6H2,(H,18,20). The predicted molar refractivity (Wildman–Crippen MR) is 82.0 cm³/mol. The number of fused-ring (bicyclic) bond motifs is 1. The van der Waals surface area contributed by atoms with Gasteiger partial charge < -0.3 is 9.52 Å². The fourth-order valence-electron chi connectivity index (χ4n) is 2.18. The summed E-state index contributed by atoms with van der Waals surface area (Å²) in [4.78, 5) is 13.7. The summed E-state index contributed by atoms with van der Waals surface area (Å²) in [6.45, 7) is 0. The molecule has 0 amide bonds. The van der Waals surface area contributed by atoms with Crippen molar-refractivity contribution in [3.05, 3.63) is 68.1 Å². The molecule has 0 bridgehead atoms. The molecule has 0 aliphatic carbocycles. The quantitative estimate of drug-likeness (QED) is 0.772. The van der Waals surface area contributed by atoms with E-state index in [4.69, 9.17) is 27.6 Å². The zero-order valence-electron chi connectivity index (χ0n) is 10.8. The number of benzene rings is 2. The number of oxazole rings is 1. The average molecular weight is 324 g/mol. The van der Waals surface area contributed by atoms with Crippen LogP contribution in [0.2, 0.25) is 10.0 Å². The fourth-order valence-corrected chi connectivity index (χ4v) is 2.50. The van der Waals surface area contributed by atoms with E-state index < -0.39 is 11.9 Å². The lowest BCUT2D eigenvalue weighted by Crippen LogP contribution is -2.01. The Morgan fingerprint density at radius 3 is 2.71 bits per heavy atom. The smallest absolute Gasteiger partial charge is 0.408 e. The molecule has 21 heavy (non-hydrogen) atoms. The van der Waals surface area contributed by atoms with E-state index in [-0.39, 0.29) is 0 Å². The Morgan fingerprint density at radius 2 is 1.95 bits per heavy atom. The number of nitrogens with one attached hydrogen (secondary N) is 1. The molecular weight excluding hydrogens is 313 g/mol. The second kappa shape index (κ2) is 5.56. The van der Waals surface area contributed by atoms with Crippen LogP contribution >= 0.6 is 23.2 Å². The van der Waals surface area contributed by atoms with E-state index in [1.54, 1.807) is 30.3 Å². The van der Waals surface area contributed by atoms with Crippen molar-refractivity contribution in [1.29, 1.82) is 0 Å². The summed E-state index contributed by atoms with van der Waals surface area (Å²) >= 11 is 11.8. The second-order valence-corrected chi connectivity index (χ2v) is 5.55. The minimum atomic E-state index is -0.730. The van der Waals surface area contributed by atoms with E-state index in [1.807, 2.05) is 6.07 Å². The lowest BCUT2D eigenvalue weighted by molar-refractivity contribution is 0.178. The molecule has 1 atom stereocenters. The van der Waals surface area contributed by atoms with Crippen molar-refractivity contribution >= 4 is 34.3 Å². The summed E-state index contributed by atoms with van der Waals surface area (Å²) in [6.07, 6.45) is -0.344. The molecule has 0 fully saturated rings. The molecule has 1 heterocycles. The van der Waals surface area contributed by atoms with Gasteiger partial charge in [0.25, 0.3) is 0 Å². The van der Waals surface area contributed by atoms with Crippen LogP contribution in [-0.2, 0) is 6.42 Å². The number of aromatic amines is 1. The zero-order valence-corrected chi connectivity index (χ0v) is 12.3. The van der Waals surface area contributed by atoms with Gasteiger partial charge in [-0.2, -0.15) is 0 Å². The number of aliphatic hydroxyl groups excluding tert-OH is 1. The summed E-state index contributed by atoms with van der Waals surface area (Å²) in [7, 11) is 0. The molecule has 0 saturated carbocycles. The molecule has 3 rings (SSSR count). The first-order valence-corrected chi connectivity index (χ1v) is 7.03. The molecule has 0 spiro atoms. The minimum absolute atomic E-state index is 0.386. The Morgan fingerprint density at radius 1 is 1.14 bits per heavy atom. The van der Waals surface area contributed by atoms with Crippen molar-refractivity contribution in [2.24, 2.45) is 0 Å². The van der Waals surface area contributed by atoms with Crippen LogP contribution < -0.4 is 5.76 Å². The van der Waals surface area contributed by atoms with Gasteiger partial charge in [-0.15, -0.1) is 0 Å². The van der Waals surface area contributed by atoms with Crippen LogP contribution in [0.1, 0.15) is 17.2 Å². The van der Waals surface area contributed by atoms with Crippen LogP contribution in [0.15, 0.2) is 45.6 Å². The molecule has 1 unspecified atom stereocenters. The summed E-state index contributed by atoms with van der Waals surface area (Å²) in [5.41, 5.74) is 2.56. The zero-order chi connectivity index (χ0) is 15.0. The van der Waals surface area contributed by atoms with Gasteiger partial charge in [-0.05, 0) is 35.4 Å². The van der Waals surface area contributed by atoms with Gasteiger partial charge in [-0.25, -0.2) is 4.79 Å². The van der Waals surface area contributed by atoms with Crippen LogP contribution in [0.4, 0.5) is 0 Å². The molecule has 3 aromatic rings. The second-order valence-electron chi connectivity index (χ2n) is 4.74. The number of rotatable bonds is 3. The fraction of sp³-hybridized carbons (Fsp3) is 0.133. The normalized spacial score (nSPS) is 12.7. The van der Waals surface area contributed by atoms with E-state index in [9.17, 15) is 9.90 Å². The summed E-state index contributed by atoms with van der Waals surface area (Å²) in [5, 5.41) is 11.2. The van der Waals surface area contributed by atoms with Gasteiger partial charge in [0.15, 0.2) is 5.58 Å². The highest BCUT2D eigenvalue weighted by atomic mass is 35.5. The summed E-state index contributed by atoms with van der Waals surface area (Å²) in [6, 6.07) is 10.3. The van der Waals surface area contributed by atoms with Crippen molar-refractivity contribution in [2.45, 2.75) is 12.5 Å². The Kier molecular flexibility index (Phi) is 3.76. The Bertz CT molecular complexity index is 853. The van der Waals surface area contributed by atoms with E-state index in [0.29, 0.717) is 33.1 Å². The SMILES string of the molecule is O=c1[nH]c2ccc(C(O)Cc3ccc(Cl)c(Cl)c3)cc2o1. The van der Waals surface area contributed by atoms with E-state index >= 15 is 0 Å². The first-order chi connectivity index (χ1) is 10.0. The molecule has 2 aromatic carbocycles. The largest absolute Gasteiger partial charge is 0.417 e. The van der Waals surface area contributed by atoms with Gasteiger partial charge in [-0.1, -0.05) is 35.3 Å². The third-order valence-corrected chi connectivity index (χ3v) is 3.98.